The van der Waals surface area contributed by atoms with Crippen LogP contribution in [-0.4, -0.2) is 10.4 Å². The Bertz CT molecular complexity index is 4450. The normalized spacial score (nSPS) is 18.8. The molecule has 71 heavy (non-hydrogen) atoms. The lowest BCUT2D eigenvalue weighted by molar-refractivity contribution is 0.400. The first-order valence-corrected chi connectivity index (χ1v) is 27.5. The van der Waals surface area contributed by atoms with Crippen LogP contribution in [0, 0.1) is 5.92 Å². The number of nitrogens with one attached hydrogen (secondary N) is 2. The molecular formula is C63H40N4S4. The van der Waals surface area contributed by atoms with Crippen LogP contribution in [0.1, 0.15) is 34.9 Å². The summed E-state index contributed by atoms with van der Waals surface area (Å²) in [6, 6.07) is 70.0. The Morgan fingerprint density at radius 2 is 1.08 bits per heavy atom. The van der Waals surface area contributed by atoms with E-state index in [0.717, 1.165) is 5.84 Å². The van der Waals surface area contributed by atoms with Crippen LogP contribution in [-0.2, 0) is 0 Å². The van der Waals surface area contributed by atoms with Crippen molar-refractivity contribution in [3.63, 3.8) is 0 Å². The van der Waals surface area contributed by atoms with Crippen molar-refractivity contribution < 1.29 is 0 Å². The van der Waals surface area contributed by atoms with Gasteiger partial charge in [0.15, 0.2) is 0 Å². The van der Waals surface area contributed by atoms with E-state index in [9.17, 15) is 0 Å². The second-order valence-electron chi connectivity index (χ2n) is 19.0. The molecule has 0 radical (unpaired) electrons. The van der Waals surface area contributed by atoms with E-state index in [1.165, 1.54) is 126 Å². The lowest BCUT2D eigenvalue weighted by Gasteiger charge is -2.37. The Balaban J connectivity index is 0.818. The molecular weight excluding hydrogens is 941 g/mol. The fourth-order valence-electron chi connectivity index (χ4n) is 12.0. The van der Waals surface area contributed by atoms with E-state index in [2.05, 4.69) is 221 Å². The van der Waals surface area contributed by atoms with Gasteiger partial charge in [-0.1, -0.05) is 151 Å². The van der Waals surface area contributed by atoms with Crippen molar-refractivity contribution >= 4 is 134 Å². The number of aromatic nitrogens is 1. The summed E-state index contributed by atoms with van der Waals surface area (Å²) in [4.78, 5) is 8.48. The predicted molar refractivity (Wildman–Crippen MR) is 306 cm³/mol. The van der Waals surface area contributed by atoms with Crippen LogP contribution >= 0.6 is 45.8 Å². The second kappa shape index (κ2) is 15.6. The molecule has 8 heteroatoms. The molecule has 0 bridgehead atoms. The SMILES string of the molecule is C1=CC(C2=NC(c3cccc4sc5ccc(-c6ccc7c(c6)sc6cc(-n8c9ccccc9c9ccccc98)ccc67)cc5c34)NC(c3cccc4sc5ccccc5c34)N2)C2C(=C1)Sc1ccccc12. The van der Waals surface area contributed by atoms with Gasteiger partial charge < -0.3 is 9.88 Å². The number of aliphatic imine (C=N–C) groups is 1. The van der Waals surface area contributed by atoms with Gasteiger partial charge in [-0.25, -0.2) is 4.99 Å². The number of para-hydroxylation sites is 2. The van der Waals surface area contributed by atoms with Gasteiger partial charge in [-0.05, 0) is 93.9 Å². The molecule has 0 spiro atoms. The molecule has 4 aromatic heterocycles. The summed E-state index contributed by atoms with van der Waals surface area (Å²) in [5.74, 6) is 1.30. The van der Waals surface area contributed by atoms with Gasteiger partial charge in [-0.2, -0.15) is 0 Å². The number of benzene rings is 9. The minimum Gasteiger partial charge on any atom is -0.354 e. The van der Waals surface area contributed by atoms with Crippen LogP contribution in [0.3, 0.4) is 0 Å². The lowest BCUT2D eigenvalue weighted by atomic mass is 9.81. The molecule has 0 saturated heterocycles. The molecule has 6 heterocycles. The number of amidine groups is 1. The van der Waals surface area contributed by atoms with Gasteiger partial charge in [0.25, 0.3) is 0 Å². The van der Waals surface area contributed by atoms with Gasteiger partial charge in [-0.3, -0.25) is 5.32 Å². The number of fused-ring (bicyclic) bond motifs is 15. The molecule has 16 rings (SSSR count). The molecule has 2 aliphatic heterocycles. The van der Waals surface area contributed by atoms with E-state index in [0.29, 0.717) is 0 Å². The number of allylic oxidation sites excluding steroid dienone is 3. The van der Waals surface area contributed by atoms with E-state index in [1.807, 2.05) is 45.8 Å². The van der Waals surface area contributed by atoms with Crippen molar-refractivity contribution in [1.29, 1.82) is 0 Å². The number of thiophene rings is 3. The molecule has 0 amide bonds. The first-order chi connectivity index (χ1) is 35.2. The number of hydrogen-bond acceptors (Lipinski definition) is 7. The third-order valence-corrected chi connectivity index (χ3v) is 19.7. The van der Waals surface area contributed by atoms with Crippen LogP contribution in [0.4, 0.5) is 0 Å². The van der Waals surface area contributed by atoms with Gasteiger partial charge >= 0.3 is 0 Å². The van der Waals surface area contributed by atoms with E-state index in [4.69, 9.17) is 4.99 Å². The zero-order chi connectivity index (χ0) is 46.3. The molecule has 2 N–H and O–H groups in total. The van der Waals surface area contributed by atoms with Crippen LogP contribution in [0.25, 0.3) is 99.1 Å². The maximum Gasteiger partial charge on any atom is 0.130 e. The molecule has 0 saturated carbocycles. The molecule has 336 valence electrons. The average Bonchev–Trinajstić information content (AvgIpc) is 4.25. The number of nitrogens with zero attached hydrogens (tertiary/aromatic N) is 2. The quantitative estimate of drug-likeness (QED) is 0.181. The van der Waals surface area contributed by atoms with Gasteiger partial charge in [0.1, 0.15) is 18.2 Å². The number of rotatable bonds is 5. The third-order valence-electron chi connectivity index (χ3n) is 15.1. The Kier molecular flexibility index (Phi) is 8.88. The Labute approximate surface area is 424 Å². The maximum absolute atomic E-state index is 5.75. The smallest absolute Gasteiger partial charge is 0.130 e. The summed E-state index contributed by atoms with van der Waals surface area (Å²) in [6.07, 6.45) is 6.44. The summed E-state index contributed by atoms with van der Waals surface area (Å²) in [5, 5.41) is 18.5. The Hall–Kier alpha value is -7.30. The molecule has 1 aliphatic carbocycles. The zero-order valence-corrected chi connectivity index (χ0v) is 41.2. The summed E-state index contributed by atoms with van der Waals surface area (Å²) in [7, 11) is 0. The van der Waals surface area contributed by atoms with E-state index >= 15 is 0 Å². The zero-order valence-electron chi connectivity index (χ0n) is 38.0. The fourth-order valence-corrected chi connectivity index (χ4v) is 16.7. The van der Waals surface area contributed by atoms with E-state index < -0.39 is 0 Å². The standard InChI is InChI=1S/C63H40N4S4/c1-5-19-48-38(12-1)39-13-2-6-20-49(39)67(48)37-28-30-41-40-29-26-36(33-56(40)71-57(41)34-37)35-27-31-52-47(32-35)60-46(18-11-25-55(60)70-52)63-65-61(44-16-9-23-53-58(44)42-14-3-7-21-50(42)68-53)64-62(66-63)45-17-10-24-54-59(45)43-15-4-8-22-51(43)69-54/h1-34,44,58,62-63,66H,(H,64,65). The topological polar surface area (TPSA) is 41.4 Å². The fraction of sp³-hybridized carbons (Fsp3) is 0.0635. The maximum atomic E-state index is 5.75. The average molecular weight is 981 g/mol. The highest BCUT2D eigenvalue weighted by molar-refractivity contribution is 8.03. The lowest BCUT2D eigenvalue weighted by Crippen LogP contribution is -2.48. The predicted octanol–water partition coefficient (Wildman–Crippen LogP) is 17.8. The minimum atomic E-state index is -0.295. The largest absolute Gasteiger partial charge is 0.354 e. The highest BCUT2D eigenvalue weighted by atomic mass is 32.2. The molecule has 0 fully saturated rings. The summed E-state index contributed by atoms with van der Waals surface area (Å²) < 4.78 is 10.2. The molecule has 4 atom stereocenters. The molecule has 4 nitrogen and oxygen atoms in total. The van der Waals surface area contributed by atoms with Crippen LogP contribution in [0.15, 0.2) is 221 Å². The van der Waals surface area contributed by atoms with Crippen molar-refractivity contribution in [3.8, 4) is 16.8 Å². The van der Waals surface area contributed by atoms with Crippen molar-refractivity contribution in [2.75, 3.05) is 0 Å². The summed E-state index contributed by atoms with van der Waals surface area (Å²) >= 11 is 7.54. The monoisotopic (exact) mass is 980 g/mol. The molecule has 9 aromatic carbocycles. The van der Waals surface area contributed by atoms with Gasteiger partial charge in [-0.15, -0.1) is 34.0 Å². The number of hydrogen-bond donors (Lipinski definition) is 2. The minimum absolute atomic E-state index is 0.0609. The van der Waals surface area contributed by atoms with Gasteiger partial charge in [0.2, 0.25) is 0 Å². The first-order valence-electron chi connectivity index (χ1n) is 24.2. The highest BCUT2D eigenvalue weighted by Gasteiger charge is 2.40. The first kappa shape index (κ1) is 40.4. The Morgan fingerprint density at radius 3 is 1.92 bits per heavy atom. The van der Waals surface area contributed by atoms with Crippen LogP contribution < -0.4 is 10.6 Å². The van der Waals surface area contributed by atoms with E-state index in [-0.39, 0.29) is 24.2 Å². The summed E-state index contributed by atoms with van der Waals surface area (Å²) in [5.41, 5.74) is 9.94. The van der Waals surface area contributed by atoms with Crippen LogP contribution in [0.5, 0.6) is 0 Å². The van der Waals surface area contributed by atoms with Gasteiger partial charge in [0, 0.05) is 99.3 Å². The van der Waals surface area contributed by atoms with Crippen molar-refractivity contribution in [3.05, 3.63) is 228 Å². The van der Waals surface area contributed by atoms with Crippen molar-refractivity contribution in [1.82, 2.24) is 15.2 Å². The van der Waals surface area contributed by atoms with Crippen molar-refractivity contribution in [2.24, 2.45) is 10.9 Å². The van der Waals surface area contributed by atoms with E-state index in [1.54, 1.807) is 0 Å². The van der Waals surface area contributed by atoms with Crippen molar-refractivity contribution in [2.45, 2.75) is 23.1 Å². The van der Waals surface area contributed by atoms with Crippen LogP contribution in [0.2, 0.25) is 0 Å². The summed E-state index contributed by atoms with van der Waals surface area (Å²) in [6.45, 7) is 0. The molecule has 13 aromatic rings. The Morgan fingerprint density at radius 1 is 0.465 bits per heavy atom. The molecule has 3 aliphatic rings. The third kappa shape index (κ3) is 6.16. The van der Waals surface area contributed by atoms with Gasteiger partial charge in [0.05, 0.1) is 11.0 Å². The highest BCUT2D eigenvalue weighted by Crippen LogP contribution is 2.54. The number of thioether (sulfide) groups is 1. The second-order valence-corrected chi connectivity index (χ2v) is 23.3. The molecule has 4 unspecified atom stereocenters.